The van der Waals surface area contributed by atoms with Crippen LogP contribution in [-0.4, -0.2) is 35.7 Å². The highest BCUT2D eigenvalue weighted by molar-refractivity contribution is 6.13. The normalized spacial score (nSPS) is 28.6. The maximum Gasteiger partial charge on any atom is 0.253 e. The molecule has 1 N–H and O–H groups in total. The van der Waals surface area contributed by atoms with E-state index in [9.17, 15) is 14.4 Å². The van der Waals surface area contributed by atoms with Crippen molar-refractivity contribution in [3.63, 3.8) is 0 Å². The van der Waals surface area contributed by atoms with Gasteiger partial charge in [-0.15, -0.1) is 0 Å². The van der Waals surface area contributed by atoms with Gasteiger partial charge in [-0.3, -0.25) is 19.3 Å². The van der Waals surface area contributed by atoms with E-state index >= 15 is 0 Å². The van der Waals surface area contributed by atoms with Crippen molar-refractivity contribution in [2.45, 2.75) is 31.7 Å². The first-order chi connectivity index (χ1) is 8.13. The van der Waals surface area contributed by atoms with Crippen molar-refractivity contribution in [3.05, 3.63) is 12.2 Å². The number of amides is 3. The lowest BCUT2D eigenvalue weighted by Crippen LogP contribution is -2.43. The van der Waals surface area contributed by atoms with E-state index in [0.717, 1.165) is 25.7 Å². The quantitative estimate of drug-likeness (QED) is 0.697. The van der Waals surface area contributed by atoms with E-state index in [1.807, 2.05) is 0 Å². The topological polar surface area (TPSA) is 66.5 Å². The van der Waals surface area contributed by atoms with Gasteiger partial charge in [0, 0.05) is 31.2 Å². The van der Waals surface area contributed by atoms with Crippen molar-refractivity contribution in [1.29, 1.82) is 0 Å². The molecule has 2 aliphatic rings. The molecule has 17 heavy (non-hydrogen) atoms. The highest BCUT2D eigenvalue weighted by Gasteiger charge is 2.35. The van der Waals surface area contributed by atoms with E-state index < -0.39 is 0 Å². The lowest BCUT2D eigenvalue weighted by Gasteiger charge is -2.32. The summed E-state index contributed by atoms with van der Waals surface area (Å²) in [6, 6.07) is -0.0362. The minimum absolute atomic E-state index is 0.0250. The second-order valence-corrected chi connectivity index (χ2v) is 4.50. The van der Waals surface area contributed by atoms with Gasteiger partial charge in [0.2, 0.25) is 5.91 Å². The van der Waals surface area contributed by atoms with E-state index in [2.05, 4.69) is 5.32 Å². The summed E-state index contributed by atoms with van der Waals surface area (Å²) >= 11 is 0. The SMILES string of the molecule is CNC(=O)C1CCC(N2C(=O)C=CC2=O)CC1. The highest BCUT2D eigenvalue weighted by atomic mass is 16.2. The number of rotatable bonds is 2. The first-order valence-electron chi connectivity index (χ1n) is 5.90. The van der Waals surface area contributed by atoms with Gasteiger partial charge in [-0.2, -0.15) is 0 Å². The van der Waals surface area contributed by atoms with E-state index in [0.29, 0.717) is 0 Å². The minimum atomic E-state index is -0.224. The first kappa shape index (κ1) is 11.8. The molecule has 0 aromatic rings. The van der Waals surface area contributed by atoms with Crippen LogP contribution >= 0.6 is 0 Å². The summed E-state index contributed by atoms with van der Waals surface area (Å²) in [5, 5.41) is 2.64. The summed E-state index contributed by atoms with van der Waals surface area (Å²) in [5.74, 6) is -0.366. The Morgan fingerprint density at radius 1 is 1.18 bits per heavy atom. The molecule has 0 saturated heterocycles. The molecular formula is C12H16N2O3. The van der Waals surface area contributed by atoms with Crippen LogP contribution in [0.3, 0.4) is 0 Å². The molecule has 0 aromatic heterocycles. The number of hydrogen-bond acceptors (Lipinski definition) is 3. The van der Waals surface area contributed by atoms with Crippen molar-refractivity contribution in [2.75, 3.05) is 7.05 Å². The Balaban J connectivity index is 1.93. The van der Waals surface area contributed by atoms with Crippen LogP contribution in [0.25, 0.3) is 0 Å². The molecule has 0 unspecified atom stereocenters. The number of carbonyl (C=O) groups excluding carboxylic acids is 3. The Morgan fingerprint density at radius 2 is 1.71 bits per heavy atom. The average molecular weight is 236 g/mol. The number of imide groups is 1. The average Bonchev–Trinajstić information content (AvgIpc) is 2.68. The van der Waals surface area contributed by atoms with Gasteiger partial charge in [0.1, 0.15) is 0 Å². The monoisotopic (exact) mass is 236 g/mol. The molecule has 0 atom stereocenters. The minimum Gasteiger partial charge on any atom is -0.359 e. The molecule has 92 valence electrons. The molecule has 0 spiro atoms. The Hall–Kier alpha value is -1.65. The van der Waals surface area contributed by atoms with E-state index in [1.165, 1.54) is 17.1 Å². The van der Waals surface area contributed by atoms with Gasteiger partial charge in [0.15, 0.2) is 0 Å². The van der Waals surface area contributed by atoms with Gasteiger partial charge in [-0.05, 0) is 25.7 Å². The van der Waals surface area contributed by atoms with Crippen LogP contribution < -0.4 is 5.32 Å². The van der Waals surface area contributed by atoms with Crippen LogP contribution in [0.15, 0.2) is 12.2 Å². The first-order valence-corrected chi connectivity index (χ1v) is 5.90. The molecule has 1 fully saturated rings. The summed E-state index contributed by atoms with van der Waals surface area (Å²) in [7, 11) is 1.63. The van der Waals surface area contributed by atoms with Crippen molar-refractivity contribution < 1.29 is 14.4 Å². The fourth-order valence-corrected chi connectivity index (χ4v) is 2.57. The van der Waals surface area contributed by atoms with Gasteiger partial charge in [-0.1, -0.05) is 0 Å². The number of nitrogens with zero attached hydrogens (tertiary/aromatic N) is 1. The number of nitrogens with one attached hydrogen (secondary N) is 1. The van der Waals surface area contributed by atoms with E-state index in [4.69, 9.17) is 0 Å². The molecule has 1 aliphatic carbocycles. The molecule has 5 heteroatoms. The molecule has 3 amide bonds. The van der Waals surface area contributed by atoms with Crippen molar-refractivity contribution in [1.82, 2.24) is 10.2 Å². The molecule has 1 heterocycles. The van der Waals surface area contributed by atoms with Crippen molar-refractivity contribution in [3.8, 4) is 0 Å². The molecule has 0 radical (unpaired) electrons. The second kappa shape index (κ2) is 4.69. The van der Waals surface area contributed by atoms with Crippen LogP contribution in [-0.2, 0) is 14.4 Å². The highest BCUT2D eigenvalue weighted by Crippen LogP contribution is 2.29. The summed E-state index contributed by atoms with van der Waals surface area (Å²) in [6.07, 6.45) is 5.54. The van der Waals surface area contributed by atoms with Gasteiger partial charge >= 0.3 is 0 Å². The zero-order valence-corrected chi connectivity index (χ0v) is 9.81. The molecule has 0 bridgehead atoms. The Bertz CT molecular complexity index is 363. The molecule has 5 nitrogen and oxygen atoms in total. The molecule has 1 saturated carbocycles. The standard InChI is InChI=1S/C12H16N2O3/c1-13-12(17)8-2-4-9(5-3-8)14-10(15)6-7-11(14)16/h6-9H,2-5H2,1H3,(H,13,17). The van der Waals surface area contributed by atoms with Crippen LogP contribution in [0.4, 0.5) is 0 Å². The third kappa shape index (κ3) is 2.23. The zero-order chi connectivity index (χ0) is 12.4. The molecular weight excluding hydrogens is 220 g/mol. The largest absolute Gasteiger partial charge is 0.359 e. The van der Waals surface area contributed by atoms with Crippen molar-refractivity contribution in [2.24, 2.45) is 5.92 Å². The van der Waals surface area contributed by atoms with Gasteiger partial charge in [0.25, 0.3) is 11.8 Å². The van der Waals surface area contributed by atoms with Crippen LogP contribution in [0.5, 0.6) is 0 Å². The predicted molar refractivity (Wildman–Crippen MR) is 60.8 cm³/mol. The summed E-state index contributed by atoms with van der Waals surface area (Å²) < 4.78 is 0. The van der Waals surface area contributed by atoms with Crippen molar-refractivity contribution >= 4 is 17.7 Å². The number of carbonyl (C=O) groups is 3. The number of hydrogen-bond donors (Lipinski definition) is 1. The van der Waals surface area contributed by atoms with Gasteiger partial charge < -0.3 is 5.32 Å². The summed E-state index contributed by atoms with van der Waals surface area (Å²) in [6.45, 7) is 0. The Labute approximate surface area is 99.8 Å². The van der Waals surface area contributed by atoms with E-state index in [-0.39, 0.29) is 29.7 Å². The summed E-state index contributed by atoms with van der Waals surface area (Å²) in [4.78, 5) is 35.8. The zero-order valence-electron chi connectivity index (χ0n) is 9.81. The summed E-state index contributed by atoms with van der Waals surface area (Å²) in [5.41, 5.74) is 0. The fourth-order valence-electron chi connectivity index (χ4n) is 2.57. The maximum absolute atomic E-state index is 11.5. The lowest BCUT2D eigenvalue weighted by atomic mass is 9.85. The third-order valence-electron chi connectivity index (χ3n) is 3.52. The van der Waals surface area contributed by atoms with Gasteiger partial charge in [-0.25, -0.2) is 0 Å². The Morgan fingerprint density at radius 3 is 2.18 bits per heavy atom. The second-order valence-electron chi connectivity index (χ2n) is 4.50. The van der Waals surface area contributed by atoms with Crippen LogP contribution in [0.2, 0.25) is 0 Å². The van der Waals surface area contributed by atoms with E-state index in [1.54, 1.807) is 7.05 Å². The Kier molecular flexibility index (Phi) is 3.26. The third-order valence-corrected chi connectivity index (χ3v) is 3.52. The van der Waals surface area contributed by atoms with Gasteiger partial charge in [0.05, 0.1) is 0 Å². The van der Waals surface area contributed by atoms with Crippen LogP contribution in [0, 0.1) is 5.92 Å². The molecule has 2 rings (SSSR count). The maximum atomic E-state index is 11.5. The fraction of sp³-hybridized carbons (Fsp3) is 0.583. The lowest BCUT2D eigenvalue weighted by molar-refractivity contribution is -0.140. The smallest absolute Gasteiger partial charge is 0.253 e. The van der Waals surface area contributed by atoms with Crippen LogP contribution in [0.1, 0.15) is 25.7 Å². The predicted octanol–water partition coefficient (Wildman–Crippen LogP) is 0.216. The molecule has 0 aromatic carbocycles. The molecule has 1 aliphatic heterocycles.